The second-order valence-electron chi connectivity index (χ2n) is 3.54. The smallest absolute Gasteiger partial charge is 0.137 e. The molecule has 0 N–H and O–H groups in total. The highest BCUT2D eigenvalue weighted by Crippen LogP contribution is 2.31. The number of pyridine rings is 1. The molecule has 1 aromatic carbocycles. The zero-order chi connectivity index (χ0) is 11.0. The highest BCUT2D eigenvalue weighted by atomic mass is 79.9. The molecule has 2 aromatic rings. The number of aryl methyl sites for hydroxylation is 2. The van der Waals surface area contributed by atoms with Crippen LogP contribution in [-0.2, 0) is 6.42 Å². The Labute approximate surface area is 103 Å². The van der Waals surface area contributed by atoms with Gasteiger partial charge >= 0.3 is 0 Å². The fourth-order valence-corrected chi connectivity index (χ4v) is 2.34. The van der Waals surface area contributed by atoms with Gasteiger partial charge in [-0.25, -0.2) is 4.98 Å². The Hall–Kier alpha value is -0.600. The van der Waals surface area contributed by atoms with Gasteiger partial charge in [0.05, 0.1) is 5.69 Å². The summed E-state index contributed by atoms with van der Waals surface area (Å²) in [6.45, 7) is 4.08. The molecule has 15 heavy (non-hydrogen) atoms. The summed E-state index contributed by atoms with van der Waals surface area (Å²) in [6.07, 6.45) is 1.01. The number of aromatic nitrogens is 1. The second kappa shape index (κ2) is 4.11. The summed E-state index contributed by atoms with van der Waals surface area (Å²) >= 11 is 9.67. The second-order valence-corrected chi connectivity index (χ2v) is 4.69. The molecular weight excluding hydrogens is 273 g/mol. The van der Waals surface area contributed by atoms with Gasteiger partial charge in [0.2, 0.25) is 0 Å². The van der Waals surface area contributed by atoms with Gasteiger partial charge in [-0.2, -0.15) is 0 Å². The van der Waals surface area contributed by atoms with Crippen molar-refractivity contribution in [3.05, 3.63) is 39.1 Å². The Bertz CT molecular complexity index is 523. The van der Waals surface area contributed by atoms with Crippen molar-refractivity contribution in [1.29, 1.82) is 0 Å². The molecule has 0 saturated carbocycles. The van der Waals surface area contributed by atoms with Crippen LogP contribution in [0.1, 0.15) is 18.2 Å². The number of rotatable bonds is 1. The number of fused-ring (bicyclic) bond motifs is 1. The minimum absolute atomic E-state index is 0.584. The van der Waals surface area contributed by atoms with E-state index < -0.39 is 0 Å². The number of halogens is 2. The molecule has 0 atom stereocenters. The fourth-order valence-electron chi connectivity index (χ4n) is 1.62. The van der Waals surface area contributed by atoms with Crippen molar-refractivity contribution in [1.82, 2.24) is 4.98 Å². The summed E-state index contributed by atoms with van der Waals surface area (Å²) in [7, 11) is 0. The van der Waals surface area contributed by atoms with E-state index in [0.717, 1.165) is 27.4 Å². The van der Waals surface area contributed by atoms with Crippen LogP contribution < -0.4 is 0 Å². The molecule has 1 heterocycles. The van der Waals surface area contributed by atoms with Gasteiger partial charge in [0.15, 0.2) is 0 Å². The molecule has 0 amide bonds. The first-order valence-electron chi connectivity index (χ1n) is 4.87. The van der Waals surface area contributed by atoms with E-state index in [1.807, 2.05) is 6.92 Å². The molecule has 0 aliphatic heterocycles. The Morgan fingerprint density at radius 3 is 2.73 bits per heavy atom. The lowest BCUT2D eigenvalue weighted by molar-refractivity contribution is 1.14. The molecule has 2 rings (SSSR count). The van der Waals surface area contributed by atoms with Crippen LogP contribution in [0.5, 0.6) is 0 Å². The van der Waals surface area contributed by atoms with Crippen molar-refractivity contribution in [3.63, 3.8) is 0 Å². The summed E-state index contributed by atoms with van der Waals surface area (Å²) in [5, 5.41) is 2.74. The largest absolute Gasteiger partial charge is 0.240 e. The summed E-state index contributed by atoms with van der Waals surface area (Å²) in [5.74, 6) is 0. The predicted octanol–water partition coefficient (Wildman–Crippen LogP) is 4.52. The first-order valence-corrected chi connectivity index (χ1v) is 6.04. The minimum Gasteiger partial charge on any atom is -0.240 e. The van der Waals surface area contributed by atoms with Gasteiger partial charge in [0.25, 0.3) is 0 Å². The zero-order valence-electron chi connectivity index (χ0n) is 8.64. The number of hydrogen-bond donors (Lipinski definition) is 0. The molecule has 0 saturated heterocycles. The molecular formula is C12H11BrClN. The highest BCUT2D eigenvalue weighted by Gasteiger charge is 2.08. The molecule has 0 bridgehead atoms. The number of hydrogen-bond acceptors (Lipinski definition) is 1. The van der Waals surface area contributed by atoms with Gasteiger partial charge < -0.3 is 0 Å². The molecule has 1 nitrogen and oxygen atoms in total. The van der Waals surface area contributed by atoms with Crippen molar-refractivity contribution in [2.24, 2.45) is 0 Å². The van der Waals surface area contributed by atoms with E-state index in [1.54, 1.807) is 0 Å². The van der Waals surface area contributed by atoms with E-state index in [-0.39, 0.29) is 0 Å². The topological polar surface area (TPSA) is 12.9 Å². The van der Waals surface area contributed by atoms with Crippen LogP contribution in [0.3, 0.4) is 0 Å². The van der Waals surface area contributed by atoms with Crippen molar-refractivity contribution in [3.8, 4) is 0 Å². The lowest BCUT2D eigenvalue weighted by Gasteiger charge is -2.07. The Kier molecular flexibility index (Phi) is 2.98. The Morgan fingerprint density at radius 2 is 2.07 bits per heavy atom. The van der Waals surface area contributed by atoms with Crippen LogP contribution in [0.25, 0.3) is 10.8 Å². The monoisotopic (exact) mass is 283 g/mol. The van der Waals surface area contributed by atoms with Crippen LogP contribution in [0, 0.1) is 6.92 Å². The summed E-state index contributed by atoms with van der Waals surface area (Å²) < 4.78 is 1.03. The first-order chi connectivity index (χ1) is 7.13. The van der Waals surface area contributed by atoms with Gasteiger partial charge in [-0.3, -0.25) is 0 Å². The number of nitrogens with zero attached hydrogens (tertiary/aromatic N) is 1. The normalized spacial score (nSPS) is 10.9. The molecule has 1 aromatic heterocycles. The molecule has 0 fully saturated rings. The van der Waals surface area contributed by atoms with Crippen molar-refractivity contribution >= 4 is 38.3 Å². The van der Waals surface area contributed by atoms with Crippen LogP contribution in [-0.4, -0.2) is 4.98 Å². The maximum Gasteiger partial charge on any atom is 0.137 e. The standard InChI is InChI=1S/C12H11BrClN/c1-3-8-4-5-9-10(6-8)12(14)15-7(2)11(9)13/h4-6H,3H2,1-2H3. The summed E-state index contributed by atoms with van der Waals surface area (Å²) in [5.41, 5.74) is 2.21. The van der Waals surface area contributed by atoms with Crippen LogP contribution >= 0.6 is 27.5 Å². The molecule has 3 heteroatoms. The van der Waals surface area contributed by atoms with Gasteiger partial charge in [0, 0.05) is 15.2 Å². The third-order valence-corrected chi connectivity index (χ3v) is 3.82. The molecule has 78 valence electrons. The lowest BCUT2D eigenvalue weighted by Crippen LogP contribution is -1.89. The van der Waals surface area contributed by atoms with Crippen LogP contribution in [0.4, 0.5) is 0 Å². The van der Waals surface area contributed by atoms with Crippen molar-refractivity contribution < 1.29 is 0 Å². The maximum absolute atomic E-state index is 6.13. The molecule has 0 aliphatic carbocycles. The van der Waals surface area contributed by atoms with Gasteiger partial charge in [-0.05, 0) is 40.9 Å². The Balaban J connectivity index is 2.84. The first kappa shape index (κ1) is 10.9. The molecule has 0 unspecified atom stereocenters. The van der Waals surface area contributed by atoms with Crippen molar-refractivity contribution in [2.75, 3.05) is 0 Å². The van der Waals surface area contributed by atoms with E-state index in [0.29, 0.717) is 5.15 Å². The fraction of sp³-hybridized carbons (Fsp3) is 0.250. The number of benzene rings is 1. The average Bonchev–Trinajstić information content (AvgIpc) is 2.25. The van der Waals surface area contributed by atoms with E-state index in [2.05, 4.69) is 46.0 Å². The van der Waals surface area contributed by atoms with Crippen molar-refractivity contribution in [2.45, 2.75) is 20.3 Å². The van der Waals surface area contributed by atoms with Crippen LogP contribution in [0.2, 0.25) is 5.15 Å². The highest BCUT2D eigenvalue weighted by molar-refractivity contribution is 9.10. The maximum atomic E-state index is 6.13. The van der Waals surface area contributed by atoms with E-state index in [4.69, 9.17) is 11.6 Å². The SMILES string of the molecule is CCc1ccc2c(Br)c(C)nc(Cl)c2c1. The van der Waals surface area contributed by atoms with E-state index in [1.165, 1.54) is 5.56 Å². The van der Waals surface area contributed by atoms with E-state index in [9.17, 15) is 0 Å². The molecule has 0 aliphatic rings. The third kappa shape index (κ3) is 1.88. The predicted molar refractivity (Wildman–Crippen MR) is 68.6 cm³/mol. The average molecular weight is 285 g/mol. The van der Waals surface area contributed by atoms with Gasteiger partial charge in [-0.1, -0.05) is 30.7 Å². The zero-order valence-corrected chi connectivity index (χ0v) is 11.0. The molecule has 0 spiro atoms. The van der Waals surface area contributed by atoms with Gasteiger partial charge in [0.1, 0.15) is 5.15 Å². The third-order valence-electron chi connectivity index (χ3n) is 2.53. The molecule has 0 radical (unpaired) electrons. The van der Waals surface area contributed by atoms with Crippen LogP contribution in [0.15, 0.2) is 22.7 Å². The lowest BCUT2D eigenvalue weighted by atomic mass is 10.1. The van der Waals surface area contributed by atoms with E-state index >= 15 is 0 Å². The van der Waals surface area contributed by atoms with Gasteiger partial charge in [-0.15, -0.1) is 0 Å². The summed E-state index contributed by atoms with van der Waals surface area (Å²) in [6, 6.07) is 6.33. The summed E-state index contributed by atoms with van der Waals surface area (Å²) in [4.78, 5) is 4.30. The Morgan fingerprint density at radius 1 is 1.33 bits per heavy atom. The quantitative estimate of drug-likeness (QED) is 0.702. The minimum atomic E-state index is 0.584.